The molecule has 1 aromatic rings. The fraction of sp³-hybridized carbons (Fsp3) is 0.647. The van der Waals surface area contributed by atoms with Crippen LogP contribution in [0.1, 0.15) is 51.2 Å². The van der Waals surface area contributed by atoms with Crippen molar-refractivity contribution in [3.63, 3.8) is 0 Å². The molecule has 0 heterocycles. The lowest BCUT2D eigenvalue weighted by atomic mass is 9.97. The highest BCUT2D eigenvalue weighted by Crippen LogP contribution is 2.30. The van der Waals surface area contributed by atoms with E-state index in [2.05, 4.69) is 13.8 Å². The monoisotopic (exact) mass is 366 g/mol. The van der Waals surface area contributed by atoms with Crippen molar-refractivity contribution in [1.82, 2.24) is 0 Å². The van der Waals surface area contributed by atoms with E-state index in [1.54, 1.807) is 0 Å². The summed E-state index contributed by atoms with van der Waals surface area (Å²) in [5.41, 5.74) is -4.23. The second-order valence-corrected chi connectivity index (χ2v) is 8.89. The van der Waals surface area contributed by atoms with Crippen LogP contribution in [0.5, 0.6) is 0 Å². The van der Waals surface area contributed by atoms with Crippen LogP contribution < -0.4 is 0 Å². The SMILES string of the molecule is CCC(C)c1ccc(COCC(C)(C)CS(=O)(=O)C(F)(F)F)cc1. The molecule has 1 unspecified atom stereocenters. The van der Waals surface area contributed by atoms with Gasteiger partial charge in [-0.15, -0.1) is 0 Å². The van der Waals surface area contributed by atoms with E-state index in [9.17, 15) is 21.6 Å². The van der Waals surface area contributed by atoms with Crippen molar-refractivity contribution in [3.05, 3.63) is 35.4 Å². The normalized spacial score (nSPS) is 14.6. The molecule has 0 aromatic heterocycles. The summed E-state index contributed by atoms with van der Waals surface area (Å²) in [5.74, 6) is -0.525. The van der Waals surface area contributed by atoms with Gasteiger partial charge in [0, 0.05) is 5.41 Å². The zero-order chi connectivity index (χ0) is 18.6. The van der Waals surface area contributed by atoms with Crippen LogP contribution in [-0.4, -0.2) is 26.3 Å². The molecule has 1 rings (SSSR count). The highest BCUT2D eigenvalue weighted by molar-refractivity contribution is 7.92. The van der Waals surface area contributed by atoms with Crippen molar-refractivity contribution >= 4 is 9.84 Å². The Labute approximate surface area is 142 Å². The van der Waals surface area contributed by atoms with E-state index in [-0.39, 0.29) is 13.2 Å². The predicted octanol–water partition coefficient (Wildman–Crippen LogP) is 4.68. The van der Waals surface area contributed by atoms with Crippen molar-refractivity contribution in [3.8, 4) is 0 Å². The van der Waals surface area contributed by atoms with Crippen LogP contribution in [-0.2, 0) is 21.2 Å². The summed E-state index contributed by atoms with van der Waals surface area (Å²) in [4.78, 5) is 0. The fourth-order valence-electron chi connectivity index (χ4n) is 2.26. The summed E-state index contributed by atoms with van der Waals surface area (Å²) in [6, 6.07) is 7.85. The maximum absolute atomic E-state index is 12.5. The lowest BCUT2D eigenvalue weighted by molar-refractivity contribution is -0.0449. The van der Waals surface area contributed by atoms with Gasteiger partial charge in [-0.3, -0.25) is 0 Å². The molecule has 0 aliphatic heterocycles. The van der Waals surface area contributed by atoms with Gasteiger partial charge in [-0.25, -0.2) is 8.42 Å². The zero-order valence-corrected chi connectivity index (χ0v) is 15.3. The lowest BCUT2D eigenvalue weighted by Gasteiger charge is -2.24. The van der Waals surface area contributed by atoms with E-state index in [0.29, 0.717) is 5.92 Å². The Hall–Kier alpha value is -1.08. The fourth-order valence-corrected chi connectivity index (χ4v) is 3.54. The van der Waals surface area contributed by atoms with E-state index in [1.165, 1.54) is 19.4 Å². The van der Waals surface area contributed by atoms with Gasteiger partial charge >= 0.3 is 5.51 Å². The molecular formula is C17H25F3O3S. The Morgan fingerprint density at radius 2 is 1.67 bits per heavy atom. The summed E-state index contributed by atoms with van der Waals surface area (Å²) in [7, 11) is -5.15. The van der Waals surface area contributed by atoms with Gasteiger partial charge < -0.3 is 4.74 Å². The van der Waals surface area contributed by atoms with Crippen molar-refractivity contribution < 1.29 is 26.3 Å². The average molecular weight is 366 g/mol. The number of ether oxygens (including phenoxy) is 1. The van der Waals surface area contributed by atoms with Gasteiger partial charge in [0.25, 0.3) is 0 Å². The van der Waals surface area contributed by atoms with Gasteiger partial charge in [0.15, 0.2) is 0 Å². The molecule has 0 aliphatic rings. The average Bonchev–Trinajstić information content (AvgIpc) is 2.44. The first-order valence-corrected chi connectivity index (χ1v) is 9.49. The number of hydrogen-bond acceptors (Lipinski definition) is 3. The first kappa shape index (κ1) is 21.0. The van der Waals surface area contributed by atoms with Gasteiger partial charge in [-0.1, -0.05) is 52.0 Å². The van der Waals surface area contributed by atoms with Crippen LogP contribution >= 0.6 is 0 Å². The molecule has 1 atom stereocenters. The minimum absolute atomic E-state index is 0.0740. The quantitative estimate of drug-likeness (QED) is 0.671. The molecule has 0 amide bonds. The minimum Gasteiger partial charge on any atom is -0.376 e. The third kappa shape index (κ3) is 6.09. The number of hydrogen-bond donors (Lipinski definition) is 0. The molecular weight excluding hydrogens is 341 g/mol. The second kappa shape index (κ2) is 7.87. The predicted molar refractivity (Wildman–Crippen MR) is 88.4 cm³/mol. The van der Waals surface area contributed by atoms with Gasteiger partial charge in [-0.05, 0) is 23.5 Å². The second-order valence-electron chi connectivity index (χ2n) is 6.91. The molecule has 7 heteroatoms. The summed E-state index contributed by atoms with van der Waals surface area (Å²) < 4.78 is 65.3. The third-order valence-electron chi connectivity index (χ3n) is 3.86. The highest BCUT2D eigenvalue weighted by atomic mass is 32.2. The maximum atomic E-state index is 12.5. The molecule has 0 saturated heterocycles. The Kier molecular flexibility index (Phi) is 6.87. The maximum Gasteiger partial charge on any atom is 0.497 e. The molecule has 24 heavy (non-hydrogen) atoms. The van der Waals surface area contributed by atoms with Gasteiger partial charge in [0.1, 0.15) is 0 Å². The number of sulfone groups is 1. The van der Waals surface area contributed by atoms with Gasteiger partial charge in [0.05, 0.1) is 19.0 Å². The first-order valence-electron chi connectivity index (χ1n) is 7.83. The Balaban J connectivity index is 2.57. The summed E-state index contributed by atoms with van der Waals surface area (Å²) in [5, 5.41) is 0. The molecule has 0 aliphatic carbocycles. The minimum atomic E-state index is -5.23. The van der Waals surface area contributed by atoms with Crippen molar-refractivity contribution in [2.45, 2.75) is 52.1 Å². The molecule has 0 N–H and O–H groups in total. The summed E-state index contributed by atoms with van der Waals surface area (Å²) in [6.07, 6.45) is 1.04. The van der Waals surface area contributed by atoms with E-state index >= 15 is 0 Å². The molecule has 138 valence electrons. The zero-order valence-electron chi connectivity index (χ0n) is 14.5. The topological polar surface area (TPSA) is 43.4 Å². The lowest BCUT2D eigenvalue weighted by Crippen LogP contribution is -2.36. The highest BCUT2D eigenvalue weighted by Gasteiger charge is 2.48. The van der Waals surface area contributed by atoms with E-state index in [1.807, 2.05) is 24.3 Å². The van der Waals surface area contributed by atoms with Crippen molar-refractivity contribution in [1.29, 1.82) is 0 Å². The number of alkyl halides is 3. The molecule has 3 nitrogen and oxygen atoms in total. The van der Waals surface area contributed by atoms with Crippen LogP contribution in [0.15, 0.2) is 24.3 Å². The van der Waals surface area contributed by atoms with Crippen molar-refractivity contribution in [2.75, 3.05) is 12.4 Å². The molecule has 0 radical (unpaired) electrons. The smallest absolute Gasteiger partial charge is 0.376 e. The Bertz CT molecular complexity index is 619. The number of halogens is 3. The van der Waals surface area contributed by atoms with E-state index in [0.717, 1.165) is 12.0 Å². The van der Waals surface area contributed by atoms with Crippen molar-refractivity contribution in [2.24, 2.45) is 5.41 Å². The molecule has 0 saturated carbocycles. The standard InChI is InChI=1S/C17H25F3O3S/c1-5-13(2)15-8-6-14(7-9-15)10-23-11-16(3,4)12-24(21,22)17(18,19)20/h6-9,13H,5,10-12H2,1-4H3. The Morgan fingerprint density at radius 3 is 2.12 bits per heavy atom. The van der Waals surface area contributed by atoms with Gasteiger partial charge in [0.2, 0.25) is 9.84 Å². The van der Waals surface area contributed by atoms with Crippen LogP contribution in [0.25, 0.3) is 0 Å². The molecule has 1 aromatic carbocycles. The van der Waals surface area contributed by atoms with Gasteiger partial charge in [-0.2, -0.15) is 13.2 Å². The molecule has 0 fully saturated rings. The molecule has 0 spiro atoms. The van der Waals surface area contributed by atoms with E-state index < -0.39 is 26.5 Å². The van der Waals surface area contributed by atoms with Crippen LogP contribution in [0.2, 0.25) is 0 Å². The third-order valence-corrected chi connectivity index (χ3v) is 5.72. The summed E-state index contributed by atoms with van der Waals surface area (Å²) in [6.45, 7) is 7.30. The Morgan fingerprint density at radius 1 is 1.12 bits per heavy atom. The number of benzene rings is 1. The van der Waals surface area contributed by atoms with Crippen LogP contribution in [0.4, 0.5) is 13.2 Å². The van der Waals surface area contributed by atoms with Crippen LogP contribution in [0, 0.1) is 5.41 Å². The number of rotatable bonds is 8. The summed E-state index contributed by atoms with van der Waals surface area (Å²) >= 11 is 0. The first-order chi connectivity index (χ1) is 10.9. The molecule has 0 bridgehead atoms. The largest absolute Gasteiger partial charge is 0.497 e. The van der Waals surface area contributed by atoms with Crippen LogP contribution in [0.3, 0.4) is 0 Å². The van der Waals surface area contributed by atoms with E-state index in [4.69, 9.17) is 4.74 Å².